The van der Waals surface area contributed by atoms with Crippen molar-refractivity contribution in [1.29, 1.82) is 5.26 Å². The van der Waals surface area contributed by atoms with Gasteiger partial charge in [0, 0.05) is 21.5 Å². The van der Waals surface area contributed by atoms with Crippen LogP contribution < -0.4 is 0 Å². The molecule has 4 nitrogen and oxygen atoms in total. The molecule has 0 aliphatic rings. The van der Waals surface area contributed by atoms with Crippen molar-refractivity contribution in [3.05, 3.63) is 245 Å². The molecule has 0 aliphatic carbocycles. The lowest BCUT2D eigenvalue weighted by atomic mass is 9.94. The standard InChI is InChI=1S/C67H45F3N4/c1-40-15-6-10-19-49(40)44-25-29-60-53(33-44)54-34-45(50-20-11-7-16-41(50)2)26-30-61(54)73(60)64-37-48(66-58(67(68,69)70)23-14-24-59(66)72-5)38-65(57(64)39-71)74-62-31-27-46(51-21-12-8-17-42(51)3)35-55(62)56-36-47(28-32-63(56)74)52-22-13-9-18-43(52)4/h6-38H,1-4H3. The number of nitrogens with zero attached hydrogens (tertiary/aromatic N) is 4. The number of rotatable bonds is 7. The molecule has 2 heterocycles. The van der Waals surface area contributed by atoms with E-state index in [-0.39, 0.29) is 22.4 Å². The summed E-state index contributed by atoms with van der Waals surface area (Å²) >= 11 is 0. The number of benzene rings is 10. The Morgan fingerprint density at radius 1 is 0.419 bits per heavy atom. The quantitative estimate of drug-likeness (QED) is 0.147. The summed E-state index contributed by atoms with van der Waals surface area (Å²) in [5.74, 6) is 0. The summed E-state index contributed by atoms with van der Waals surface area (Å²) in [5.41, 5.74) is 15.7. The fraction of sp³-hybridized carbons (Fsp3) is 0.0746. The van der Waals surface area contributed by atoms with Gasteiger partial charge in [-0.1, -0.05) is 140 Å². The van der Waals surface area contributed by atoms with Crippen molar-refractivity contribution in [3.8, 4) is 73.1 Å². The predicted octanol–water partition coefficient (Wildman–Crippen LogP) is 18.9. The van der Waals surface area contributed by atoms with Crippen molar-refractivity contribution >= 4 is 49.3 Å². The van der Waals surface area contributed by atoms with Gasteiger partial charge in [0.1, 0.15) is 11.6 Å². The average Bonchev–Trinajstić information content (AvgIpc) is 3.92. The first kappa shape index (κ1) is 45.7. The molecule has 0 aliphatic heterocycles. The van der Waals surface area contributed by atoms with E-state index in [4.69, 9.17) is 6.57 Å². The number of fused-ring (bicyclic) bond motifs is 6. The van der Waals surface area contributed by atoms with Crippen molar-refractivity contribution in [2.24, 2.45) is 0 Å². The normalized spacial score (nSPS) is 11.7. The number of nitriles is 1. The van der Waals surface area contributed by atoms with Gasteiger partial charge in [0.25, 0.3) is 0 Å². The fourth-order valence-corrected chi connectivity index (χ4v) is 11.2. The molecule has 2 aromatic heterocycles. The minimum atomic E-state index is -4.81. The van der Waals surface area contributed by atoms with Crippen LogP contribution >= 0.6 is 0 Å². The maximum atomic E-state index is 15.4. The molecule has 0 saturated heterocycles. The Balaban J connectivity index is 1.23. The van der Waals surface area contributed by atoms with Crippen molar-refractivity contribution in [1.82, 2.24) is 9.13 Å². The van der Waals surface area contributed by atoms with E-state index in [1.165, 1.54) is 12.1 Å². The molecule has 0 atom stereocenters. The summed E-state index contributed by atoms with van der Waals surface area (Å²) < 4.78 is 50.4. The highest BCUT2D eigenvalue weighted by molar-refractivity contribution is 6.14. The van der Waals surface area contributed by atoms with Gasteiger partial charge in [0.2, 0.25) is 0 Å². The van der Waals surface area contributed by atoms with Crippen LogP contribution in [-0.2, 0) is 6.18 Å². The van der Waals surface area contributed by atoms with Crippen LogP contribution in [0.25, 0.3) is 115 Å². The zero-order chi connectivity index (χ0) is 51.0. The SMILES string of the molecule is [C-]#[N+]c1cccc(C(F)(F)F)c1-c1cc(-n2c3ccc(-c4ccccc4C)cc3c3cc(-c4ccccc4C)ccc32)c(C#N)c(-n2c3ccc(-c4ccccc4C)cc3c3cc(-c4ccccc4C)ccc32)c1. The molecule has 0 saturated carbocycles. The molecule has 0 radical (unpaired) electrons. The first-order chi connectivity index (χ1) is 35.9. The average molecular weight is 963 g/mol. The van der Waals surface area contributed by atoms with Crippen molar-refractivity contribution in [2.45, 2.75) is 33.9 Å². The fourth-order valence-electron chi connectivity index (χ4n) is 11.2. The highest BCUT2D eigenvalue weighted by Crippen LogP contribution is 2.48. The highest BCUT2D eigenvalue weighted by atomic mass is 19.4. The van der Waals surface area contributed by atoms with Crippen molar-refractivity contribution in [3.63, 3.8) is 0 Å². The van der Waals surface area contributed by atoms with Crippen LogP contribution in [0.4, 0.5) is 18.9 Å². The molecule has 0 spiro atoms. The van der Waals surface area contributed by atoms with Gasteiger partial charge in [-0.15, -0.1) is 0 Å². The van der Waals surface area contributed by atoms with Crippen LogP contribution in [0.5, 0.6) is 0 Å². The Labute approximate surface area is 426 Å². The summed E-state index contributed by atoms with van der Waals surface area (Å²) in [4.78, 5) is 3.70. The van der Waals surface area contributed by atoms with E-state index >= 15 is 13.2 Å². The van der Waals surface area contributed by atoms with Crippen LogP contribution in [0, 0.1) is 45.6 Å². The number of hydrogen-bond donors (Lipinski definition) is 0. The van der Waals surface area contributed by atoms with E-state index in [9.17, 15) is 5.26 Å². The van der Waals surface area contributed by atoms with E-state index in [0.29, 0.717) is 11.4 Å². The van der Waals surface area contributed by atoms with Crippen LogP contribution in [0.15, 0.2) is 200 Å². The Hall–Kier alpha value is -9.43. The van der Waals surface area contributed by atoms with E-state index in [2.05, 4.69) is 136 Å². The van der Waals surface area contributed by atoms with Gasteiger partial charge in [-0.3, -0.25) is 0 Å². The Morgan fingerprint density at radius 2 is 0.757 bits per heavy atom. The number of aromatic nitrogens is 2. The minimum absolute atomic E-state index is 0.151. The predicted molar refractivity (Wildman–Crippen MR) is 297 cm³/mol. The second kappa shape index (κ2) is 17.7. The summed E-state index contributed by atoms with van der Waals surface area (Å²) in [6.07, 6.45) is -4.81. The number of aryl methyl sites for hydroxylation is 4. The molecule has 0 fully saturated rings. The summed E-state index contributed by atoms with van der Waals surface area (Å²) in [6.45, 7) is 16.6. The first-order valence-corrected chi connectivity index (χ1v) is 24.5. The minimum Gasteiger partial charge on any atom is -0.308 e. The third kappa shape index (κ3) is 7.44. The highest BCUT2D eigenvalue weighted by Gasteiger charge is 2.35. The lowest BCUT2D eigenvalue weighted by Gasteiger charge is -2.21. The summed E-state index contributed by atoms with van der Waals surface area (Å²) in [6, 6.07) is 67.8. The molecule has 0 unspecified atom stereocenters. The van der Waals surface area contributed by atoms with Gasteiger partial charge >= 0.3 is 6.18 Å². The molecule has 354 valence electrons. The molecular weight excluding hydrogens is 918 g/mol. The molecule has 12 rings (SSSR count). The van der Waals surface area contributed by atoms with E-state index in [1.54, 1.807) is 12.1 Å². The maximum Gasteiger partial charge on any atom is 0.415 e. The van der Waals surface area contributed by atoms with Crippen molar-refractivity contribution < 1.29 is 13.2 Å². The zero-order valence-corrected chi connectivity index (χ0v) is 41.0. The molecule has 10 aromatic carbocycles. The van der Waals surface area contributed by atoms with Crippen molar-refractivity contribution in [2.75, 3.05) is 0 Å². The number of halogens is 3. The molecule has 7 heteroatoms. The van der Waals surface area contributed by atoms with Gasteiger partial charge in [-0.05, 0) is 166 Å². The molecule has 0 bridgehead atoms. The van der Waals surface area contributed by atoms with Gasteiger partial charge < -0.3 is 9.13 Å². The first-order valence-electron chi connectivity index (χ1n) is 24.5. The Bertz CT molecular complexity index is 3940. The van der Waals surface area contributed by atoms with Crippen LogP contribution in [0.1, 0.15) is 33.4 Å². The summed E-state index contributed by atoms with van der Waals surface area (Å²) in [7, 11) is 0. The number of alkyl halides is 3. The third-order valence-corrected chi connectivity index (χ3v) is 14.8. The number of hydrogen-bond acceptors (Lipinski definition) is 1. The van der Waals surface area contributed by atoms with Gasteiger partial charge in [-0.2, -0.15) is 18.4 Å². The second-order valence-corrected chi connectivity index (χ2v) is 19.2. The second-order valence-electron chi connectivity index (χ2n) is 19.2. The molecule has 74 heavy (non-hydrogen) atoms. The topological polar surface area (TPSA) is 38.0 Å². The van der Waals surface area contributed by atoms with Crippen LogP contribution in [-0.4, -0.2) is 9.13 Å². The molecular formula is C67H45F3N4. The van der Waals surface area contributed by atoms with E-state index in [0.717, 1.165) is 116 Å². The Morgan fingerprint density at radius 3 is 1.05 bits per heavy atom. The third-order valence-electron chi connectivity index (χ3n) is 14.8. The van der Waals surface area contributed by atoms with Crippen LogP contribution in [0.2, 0.25) is 0 Å². The van der Waals surface area contributed by atoms with E-state index < -0.39 is 11.7 Å². The van der Waals surface area contributed by atoms with Gasteiger partial charge in [0.05, 0.1) is 45.6 Å². The lowest BCUT2D eigenvalue weighted by Crippen LogP contribution is -2.09. The summed E-state index contributed by atoms with van der Waals surface area (Å²) in [5, 5.41) is 15.5. The monoisotopic (exact) mass is 962 g/mol. The maximum absolute atomic E-state index is 15.4. The zero-order valence-electron chi connectivity index (χ0n) is 41.0. The molecule has 0 amide bonds. The van der Waals surface area contributed by atoms with E-state index in [1.807, 2.05) is 81.9 Å². The lowest BCUT2D eigenvalue weighted by molar-refractivity contribution is -0.137. The Kier molecular flexibility index (Phi) is 10.9. The largest absolute Gasteiger partial charge is 0.415 e. The van der Waals surface area contributed by atoms with Crippen LogP contribution in [0.3, 0.4) is 0 Å². The molecule has 0 N–H and O–H groups in total. The van der Waals surface area contributed by atoms with Gasteiger partial charge in [-0.25, -0.2) is 4.85 Å². The van der Waals surface area contributed by atoms with Gasteiger partial charge in [0.15, 0.2) is 5.69 Å². The molecule has 12 aromatic rings. The smallest absolute Gasteiger partial charge is 0.308 e.